The molecule has 0 aliphatic carbocycles. The zero-order valence-electron chi connectivity index (χ0n) is 6.51. The van der Waals surface area contributed by atoms with Gasteiger partial charge in [0.25, 0.3) is 9.58 Å². The molecule has 0 unspecified atom stereocenters. The lowest BCUT2D eigenvalue weighted by Crippen LogP contribution is -2.18. The molecule has 13 heavy (non-hydrogen) atoms. The molecule has 0 fully saturated rings. The molecule has 0 atom stereocenters. The highest BCUT2D eigenvalue weighted by atomic mass is 35.6. The second-order valence-corrected chi connectivity index (χ2v) is 4.43. The Kier molecular flexibility index (Phi) is 3.11. The molecule has 1 aromatic heterocycles. The zero-order chi connectivity index (χ0) is 10.1. The van der Waals surface area contributed by atoms with Crippen molar-refractivity contribution in [2.45, 2.75) is 3.79 Å². The van der Waals surface area contributed by atoms with Crippen LogP contribution >= 0.6 is 34.8 Å². The van der Waals surface area contributed by atoms with Gasteiger partial charge in [-0.05, 0) is 0 Å². The maximum absolute atomic E-state index is 11.3. The van der Waals surface area contributed by atoms with Gasteiger partial charge in [0.1, 0.15) is 0 Å². The monoisotopic (exact) mass is 242 g/mol. The zero-order valence-corrected chi connectivity index (χ0v) is 8.78. The average Bonchev–Trinajstić information content (AvgIpc) is 2.48. The van der Waals surface area contributed by atoms with Crippen LogP contribution in [0, 0.1) is 0 Å². The van der Waals surface area contributed by atoms with Gasteiger partial charge in [-0.3, -0.25) is 4.79 Å². The van der Waals surface area contributed by atoms with Crippen LogP contribution in [0.1, 0.15) is 10.6 Å². The molecule has 0 aromatic carbocycles. The molecule has 6 heteroatoms. The van der Waals surface area contributed by atoms with Crippen LogP contribution in [0.25, 0.3) is 0 Å². The fourth-order valence-electron chi connectivity index (χ4n) is 0.753. The van der Waals surface area contributed by atoms with Gasteiger partial charge in [-0.25, -0.2) is 0 Å². The Balaban J connectivity index is 3.02. The predicted molar refractivity (Wildman–Crippen MR) is 49.9 cm³/mol. The van der Waals surface area contributed by atoms with Crippen LogP contribution in [0.2, 0.25) is 0 Å². The molecule has 0 spiro atoms. The summed E-state index contributed by atoms with van der Waals surface area (Å²) >= 11 is 16.1. The minimum absolute atomic E-state index is 0.0949. The highest BCUT2D eigenvalue weighted by Gasteiger charge is 2.36. The number of carbonyl (C=O) groups excluding carboxylic acids is 1. The van der Waals surface area contributed by atoms with E-state index < -0.39 is 9.58 Å². The average molecular weight is 243 g/mol. The minimum Gasteiger partial charge on any atom is -0.493 e. The van der Waals surface area contributed by atoms with Gasteiger partial charge in [0, 0.05) is 6.07 Å². The van der Waals surface area contributed by atoms with Gasteiger partial charge in [0.15, 0.2) is 5.75 Å². The molecular formula is C7H5Cl3O3. The molecule has 3 nitrogen and oxygen atoms in total. The number of halogens is 3. The lowest BCUT2D eigenvalue weighted by atomic mass is 10.3. The lowest BCUT2D eigenvalue weighted by Gasteiger charge is -2.07. The number of ether oxygens (including phenoxy) is 1. The van der Waals surface area contributed by atoms with Crippen molar-refractivity contribution < 1.29 is 13.9 Å². The van der Waals surface area contributed by atoms with Crippen LogP contribution in [-0.4, -0.2) is 16.7 Å². The SMILES string of the molecule is COc1ccoc1C(=O)C(Cl)(Cl)Cl. The van der Waals surface area contributed by atoms with Crippen LogP contribution < -0.4 is 4.74 Å². The molecule has 0 radical (unpaired) electrons. The summed E-state index contributed by atoms with van der Waals surface area (Å²) in [5.74, 6) is -0.599. The summed E-state index contributed by atoms with van der Waals surface area (Å²) in [7, 11) is 1.39. The molecule has 0 aliphatic heterocycles. The van der Waals surface area contributed by atoms with E-state index in [1.165, 1.54) is 19.4 Å². The summed E-state index contributed by atoms with van der Waals surface area (Å²) in [5.41, 5.74) is 0. The van der Waals surface area contributed by atoms with E-state index in [9.17, 15) is 4.79 Å². The second-order valence-electron chi connectivity index (χ2n) is 2.14. The minimum atomic E-state index is -2.02. The van der Waals surface area contributed by atoms with Gasteiger partial charge >= 0.3 is 0 Å². The van der Waals surface area contributed by atoms with Crippen molar-refractivity contribution in [1.29, 1.82) is 0 Å². The van der Waals surface area contributed by atoms with E-state index in [-0.39, 0.29) is 11.5 Å². The number of Topliss-reactive ketones (excluding diaryl/α,β-unsaturated/α-hetero) is 1. The number of methoxy groups -OCH3 is 1. The summed E-state index contributed by atoms with van der Waals surface area (Å²) < 4.78 is 7.60. The van der Waals surface area contributed by atoms with E-state index in [1.807, 2.05) is 0 Å². The Bertz CT molecular complexity index is 313. The van der Waals surface area contributed by atoms with Crippen LogP contribution in [0.4, 0.5) is 0 Å². The van der Waals surface area contributed by atoms with Gasteiger partial charge < -0.3 is 9.15 Å². The van der Waals surface area contributed by atoms with Crippen molar-refractivity contribution in [3.05, 3.63) is 18.1 Å². The summed E-state index contributed by atoms with van der Waals surface area (Å²) in [5, 5.41) is 0. The number of carbonyl (C=O) groups is 1. The number of furan rings is 1. The van der Waals surface area contributed by atoms with E-state index in [4.69, 9.17) is 44.0 Å². The first-order valence-electron chi connectivity index (χ1n) is 3.20. The summed E-state index contributed by atoms with van der Waals surface area (Å²) in [4.78, 5) is 11.3. The van der Waals surface area contributed by atoms with Crippen LogP contribution in [0.3, 0.4) is 0 Å². The summed E-state index contributed by atoms with van der Waals surface area (Å²) in [6.45, 7) is 0. The Morgan fingerprint density at radius 2 is 2.15 bits per heavy atom. The summed E-state index contributed by atoms with van der Waals surface area (Å²) in [6.07, 6.45) is 1.28. The van der Waals surface area contributed by atoms with Crippen molar-refractivity contribution >= 4 is 40.6 Å². The largest absolute Gasteiger partial charge is 0.493 e. The number of rotatable bonds is 2. The van der Waals surface area contributed by atoms with E-state index >= 15 is 0 Å². The Morgan fingerprint density at radius 1 is 1.54 bits per heavy atom. The second kappa shape index (κ2) is 3.78. The number of alkyl halides is 3. The first-order valence-corrected chi connectivity index (χ1v) is 4.33. The van der Waals surface area contributed by atoms with Gasteiger partial charge in [-0.2, -0.15) is 0 Å². The Morgan fingerprint density at radius 3 is 2.62 bits per heavy atom. The third kappa shape index (κ3) is 2.30. The Labute approximate surface area is 89.5 Å². The number of hydrogen-bond donors (Lipinski definition) is 0. The highest BCUT2D eigenvalue weighted by Crippen LogP contribution is 2.33. The normalized spacial score (nSPS) is 11.4. The van der Waals surface area contributed by atoms with Gasteiger partial charge in [-0.1, -0.05) is 34.8 Å². The maximum atomic E-state index is 11.3. The molecule has 0 bridgehead atoms. The molecule has 1 heterocycles. The van der Waals surface area contributed by atoms with Crippen molar-refractivity contribution in [2.24, 2.45) is 0 Å². The maximum Gasteiger partial charge on any atom is 0.256 e. The number of hydrogen-bond acceptors (Lipinski definition) is 3. The molecule has 1 rings (SSSR count). The van der Waals surface area contributed by atoms with Crippen molar-refractivity contribution in [3.63, 3.8) is 0 Å². The van der Waals surface area contributed by atoms with Gasteiger partial charge in [-0.15, -0.1) is 0 Å². The lowest BCUT2D eigenvalue weighted by molar-refractivity contribution is 0.0966. The molecule has 0 aliphatic rings. The predicted octanol–water partition coefficient (Wildman–Crippen LogP) is 2.84. The van der Waals surface area contributed by atoms with Gasteiger partial charge in [0.2, 0.25) is 5.76 Å². The molecule has 1 aromatic rings. The fourth-order valence-corrected chi connectivity index (χ4v) is 1.01. The van der Waals surface area contributed by atoms with E-state index in [2.05, 4.69) is 0 Å². The van der Waals surface area contributed by atoms with Crippen LogP contribution in [-0.2, 0) is 0 Å². The smallest absolute Gasteiger partial charge is 0.256 e. The molecule has 0 N–H and O–H groups in total. The molecule has 0 saturated carbocycles. The van der Waals surface area contributed by atoms with Crippen molar-refractivity contribution in [1.82, 2.24) is 0 Å². The first-order chi connectivity index (χ1) is 5.96. The first kappa shape index (κ1) is 10.7. The third-order valence-electron chi connectivity index (χ3n) is 1.31. The fraction of sp³-hybridized carbons (Fsp3) is 0.286. The van der Waals surface area contributed by atoms with Crippen molar-refractivity contribution in [2.75, 3.05) is 7.11 Å². The Hall–Kier alpha value is -0.380. The molecule has 0 amide bonds. The van der Waals surface area contributed by atoms with Gasteiger partial charge in [0.05, 0.1) is 13.4 Å². The highest BCUT2D eigenvalue weighted by molar-refractivity contribution is 6.77. The van der Waals surface area contributed by atoms with Crippen LogP contribution in [0.15, 0.2) is 16.7 Å². The molecule has 72 valence electrons. The third-order valence-corrected chi connectivity index (χ3v) is 1.83. The van der Waals surface area contributed by atoms with E-state index in [0.717, 1.165) is 0 Å². The van der Waals surface area contributed by atoms with E-state index in [0.29, 0.717) is 0 Å². The summed E-state index contributed by atoms with van der Waals surface area (Å²) in [6, 6.07) is 1.46. The van der Waals surface area contributed by atoms with Crippen molar-refractivity contribution in [3.8, 4) is 5.75 Å². The topological polar surface area (TPSA) is 39.4 Å². The standard InChI is InChI=1S/C7H5Cl3O3/c1-12-4-2-3-13-5(4)6(11)7(8,9)10/h2-3H,1H3. The molecular weight excluding hydrogens is 238 g/mol. The van der Waals surface area contributed by atoms with E-state index in [1.54, 1.807) is 0 Å². The quantitative estimate of drug-likeness (QED) is 0.592. The molecule has 0 saturated heterocycles. The number of ketones is 1. The van der Waals surface area contributed by atoms with Crippen LogP contribution in [0.5, 0.6) is 5.75 Å².